The number of pyridine rings is 1. The minimum atomic E-state index is -0.463. The number of carbonyl (C=O) groups is 1. The van der Waals surface area contributed by atoms with Crippen LogP contribution in [-0.4, -0.2) is 25.0 Å². The van der Waals surface area contributed by atoms with Gasteiger partial charge in [-0.15, -0.1) is 11.3 Å². The van der Waals surface area contributed by atoms with Gasteiger partial charge >= 0.3 is 5.69 Å². The Hall–Kier alpha value is -3.59. The number of hydrogen-bond donors (Lipinski definition) is 1. The lowest BCUT2D eigenvalue weighted by atomic mass is 10.1. The lowest BCUT2D eigenvalue weighted by molar-refractivity contribution is 0.102. The Kier molecular flexibility index (Phi) is 4.59. The van der Waals surface area contributed by atoms with E-state index >= 15 is 0 Å². The maximum atomic E-state index is 12.6. The van der Waals surface area contributed by atoms with Crippen LogP contribution < -0.4 is 16.6 Å². The van der Waals surface area contributed by atoms with Gasteiger partial charge in [0.2, 0.25) is 0 Å². The number of carbonyl (C=O) groups excluding carboxylic acids is 1. The number of hydrogen-bond acceptors (Lipinski definition) is 6. The lowest BCUT2D eigenvalue weighted by Gasteiger charge is -2.09. The molecule has 1 aromatic carbocycles. The van der Waals surface area contributed by atoms with E-state index in [9.17, 15) is 14.4 Å². The molecule has 8 nitrogen and oxygen atoms in total. The Morgan fingerprint density at radius 2 is 1.83 bits per heavy atom. The van der Waals surface area contributed by atoms with Crippen LogP contribution in [0.4, 0.5) is 5.69 Å². The van der Waals surface area contributed by atoms with E-state index in [1.165, 1.54) is 23.9 Å². The highest BCUT2D eigenvalue weighted by Crippen LogP contribution is 2.24. The summed E-state index contributed by atoms with van der Waals surface area (Å²) in [7, 11) is 2.95. The normalized spacial score (nSPS) is 11.0. The Morgan fingerprint density at radius 3 is 2.48 bits per heavy atom. The smallest absolute Gasteiger partial charge is 0.321 e. The van der Waals surface area contributed by atoms with Crippen LogP contribution >= 0.6 is 11.3 Å². The first kappa shape index (κ1) is 18.8. The second kappa shape index (κ2) is 7.10. The molecule has 29 heavy (non-hydrogen) atoms. The summed E-state index contributed by atoms with van der Waals surface area (Å²) >= 11 is 1.55. The van der Waals surface area contributed by atoms with Crippen molar-refractivity contribution in [1.82, 2.24) is 19.1 Å². The van der Waals surface area contributed by atoms with E-state index in [1.54, 1.807) is 30.5 Å². The standard InChI is InChI=1S/C20H17N5O3S/c1-11-10-29-18(22-11)13-6-4-12(5-7-13)17(26)23-14-8-15-16(21-9-14)24(2)20(28)25(3)19(15)27/h4-10H,1-3H3,(H,23,26). The topological polar surface area (TPSA) is 98.9 Å². The average Bonchev–Trinajstić information content (AvgIpc) is 3.17. The summed E-state index contributed by atoms with van der Waals surface area (Å²) in [5.74, 6) is -0.324. The summed E-state index contributed by atoms with van der Waals surface area (Å²) in [6.45, 7) is 1.94. The number of aryl methyl sites for hydroxylation is 2. The molecule has 3 heterocycles. The maximum absolute atomic E-state index is 12.6. The Bertz CT molecular complexity index is 1370. The van der Waals surface area contributed by atoms with Crippen molar-refractivity contribution < 1.29 is 4.79 Å². The Balaban J connectivity index is 1.62. The average molecular weight is 407 g/mol. The van der Waals surface area contributed by atoms with Gasteiger partial charge in [0.25, 0.3) is 11.5 Å². The van der Waals surface area contributed by atoms with Crippen molar-refractivity contribution in [2.24, 2.45) is 14.1 Å². The predicted molar refractivity (Wildman–Crippen MR) is 112 cm³/mol. The molecule has 0 spiro atoms. The molecule has 0 aliphatic rings. The molecule has 0 unspecified atom stereocenters. The third kappa shape index (κ3) is 3.36. The van der Waals surface area contributed by atoms with Crippen molar-refractivity contribution in [3.63, 3.8) is 0 Å². The van der Waals surface area contributed by atoms with Gasteiger partial charge in [0, 0.05) is 36.3 Å². The van der Waals surface area contributed by atoms with Crippen LogP contribution in [0.2, 0.25) is 0 Å². The summed E-state index contributed by atoms with van der Waals surface area (Å²) in [6.07, 6.45) is 1.42. The first-order chi connectivity index (χ1) is 13.8. The molecule has 9 heteroatoms. The number of thiazole rings is 1. The molecule has 0 atom stereocenters. The van der Waals surface area contributed by atoms with Crippen LogP contribution in [0.1, 0.15) is 16.1 Å². The molecule has 0 aliphatic heterocycles. The van der Waals surface area contributed by atoms with E-state index in [-0.39, 0.29) is 16.9 Å². The molecule has 0 aliphatic carbocycles. The number of nitrogens with zero attached hydrogens (tertiary/aromatic N) is 4. The highest BCUT2D eigenvalue weighted by atomic mass is 32.1. The minimum Gasteiger partial charge on any atom is -0.321 e. The highest BCUT2D eigenvalue weighted by molar-refractivity contribution is 7.13. The number of fused-ring (bicyclic) bond motifs is 1. The largest absolute Gasteiger partial charge is 0.332 e. The molecule has 4 aromatic rings. The minimum absolute atomic E-state index is 0.252. The second-order valence-electron chi connectivity index (χ2n) is 6.63. The molecule has 3 aromatic heterocycles. The molecular formula is C20H17N5O3S. The lowest BCUT2D eigenvalue weighted by Crippen LogP contribution is -2.37. The van der Waals surface area contributed by atoms with Gasteiger partial charge in [0.15, 0.2) is 0 Å². The number of rotatable bonds is 3. The first-order valence-electron chi connectivity index (χ1n) is 8.75. The summed E-state index contributed by atoms with van der Waals surface area (Å²) in [5, 5.41) is 5.87. The van der Waals surface area contributed by atoms with Crippen LogP contribution in [-0.2, 0) is 14.1 Å². The number of benzene rings is 1. The van der Waals surface area contributed by atoms with Gasteiger partial charge in [-0.2, -0.15) is 0 Å². The fourth-order valence-corrected chi connectivity index (χ4v) is 3.79. The maximum Gasteiger partial charge on any atom is 0.332 e. The molecule has 0 bridgehead atoms. The van der Waals surface area contributed by atoms with Crippen molar-refractivity contribution >= 4 is 34.0 Å². The molecule has 146 valence electrons. The highest BCUT2D eigenvalue weighted by Gasteiger charge is 2.13. The third-order valence-electron chi connectivity index (χ3n) is 4.56. The van der Waals surface area contributed by atoms with Crippen molar-refractivity contribution in [3.8, 4) is 10.6 Å². The number of anilines is 1. The monoisotopic (exact) mass is 407 g/mol. The molecule has 0 saturated heterocycles. The fraction of sp³-hybridized carbons (Fsp3) is 0.150. The molecular weight excluding hydrogens is 390 g/mol. The summed E-state index contributed by atoms with van der Waals surface area (Å²) in [6, 6.07) is 8.65. The molecule has 0 fully saturated rings. The molecule has 0 radical (unpaired) electrons. The van der Waals surface area contributed by atoms with Crippen molar-refractivity contribution in [2.75, 3.05) is 5.32 Å². The predicted octanol–water partition coefficient (Wildman–Crippen LogP) is 2.32. The van der Waals surface area contributed by atoms with E-state index in [0.29, 0.717) is 11.3 Å². The zero-order valence-electron chi connectivity index (χ0n) is 16.0. The van der Waals surface area contributed by atoms with Crippen molar-refractivity contribution in [2.45, 2.75) is 6.92 Å². The molecule has 1 amide bonds. The van der Waals surface area contributed by atoms with E-state index < -0.39 is 11.2 Å². The SMILES string of the molecule is Cc1csc(-c2ccc(C(=O)Nc3cnc4c(c3)c(=O)n(C)c(=O)n4C)cc2)n1. The van der Waals surface area contributed by atoms with Gasteiger partial charge in [-0.25, -0.2) is 14.8 Å². The van der Waals surface area contributed by atoms with E-state index in [2.05, 4.69) is 15.3 Å². The van der Waals surface area contributed by atoms with E-state index in [1.807, 2.05) is 24.4 Å². The van der Waals surface area contributed by atoms with Crippen molar-refractivity contribution in [3.05, 3.63) is 74.0 Å². The second-order valence-corrected chi connectivity index (χ2v) is 7.48. The number of aromatic nitrogens is 4. The molecule has 1 N–H and O–H groups in total. The van der Waals surface area contributed by atoms with Gasteiger partial charge in [0.1, 0.15) is 10.7 Å². The number of nitrogens with one attached hydrogen (secondary N) is 1. The fourth-order valence-electron chi connectivity index (χ4n) is 2.99. The van der Waals surface area contributed by atoms with Crippen LogP contribution in [0, 0.1) is 6.92 Å². The first-order valence-corrected chi connectivity index (χ1v) is 9.63. The van der Waals surface area contributed by atoms with Crippen LogP contribution in [0.3, 0.4) is 0 Å². The van der Waals surface area contributed by atoms with Crippen LogP contribution in [0.25, 0.3) is 21.6 Å². The molecule has 0 saturated carbocycles. The van der Waals surface area contributed by atoms with Gasteiger partial charge in [0.05, 0.1) is 17.3 Å². The summed E-state index contributed by atoms with van der Waals surface area (Å²) < 4.78 is 2.30. The van der Waals surface area contributed by atoms with Crippen molar-refractivity contribution in [1.29, 1.82) is 0 Å². The zero-order chi connectivity index (χ0) is 20.7. The number of amides is 1. The van der Waals surface area contributed by atoms with Gasteiger partial charge < -0.3 is 5.32 Å². The van der Waals surface area contributed by atoms with Crippen LogP contribution in [0.15, 0.2) is 51.5 Å². The van der Waals surface area contributed by atoms with E-state index in [0.717, 1.165) is 20.8 Å². The summed E-state index contributed by atoms with van der Waals surface area (Å²) in [5.41, 5.74) is 2.08. The van der Waals surface area contributed by atoms with E-state index in [4.69, 9.17) is 0 Å². The van der Waals surface area contributed by atoms with Gasteiger partial charge in [-0.3, -0.25) is 18.7 Å². The summed E-state index contributed by atoms with van der Waals surface area (Å²) in [4.78, 5) is 45.6. The Labute approximate surface area is 169 Å². The zero-order valence-corrected chi connectivity index (χ0v) is 16.8. The molecule has 4 rings (SSSR count). The Morgan fingerprint density at radius 1 is 1.10 bits per heavy atom. The van der Waals surface area contributed by atoms with Gasteiger partial charge in [-0.1, -0.05) is 12.1 Å². The quantitative estimate of drug-likeness (QED) is 0.562. The third-order valence-corrected chi connectivity index (χ3v) is 5.57. The van der Waals surface area contributed by atoms with Crippen LogP contribution in [0.5, 0.6) is 0 Å². The van der Waals surface area contributed by atoms with Gasteiger partial charge in [-0.05, 0) is 25.1 Å².